The Labute approximate surface area is 323 Å². The van der Waals surface area contributed by atoms with Gasteiger partial charge >= 0.3 is 0 Å². The molecule has 4 aliphatic rings. The number of ether oxygens (including phenoxy) is 2. The molecule has 3 fully saturated rings. The van der Waals surface area contributed by atoms with Crippen LogP contribution in [0.15, 0.2) is 90.5 Å². The van der Waals surface area contributed by atoms with Crippen molar-refractivity contribution in [3.63, 3.8) is 0 Å². The number of carbonyl (C=O) groups is 4. The van der Waals surface area contributed by atoms with E-state index in [2.05, 4.69) is 15.9 Å². The highest BCUT2D eigenvalue weighted by Crippen LogP contribution is 2.66. The van der Waals surface area contributed by atoms with Crippen molar-refractivity contribution in [1.82, 2.24) is 4.90 Å². The number of aromatic hydroxyl groups is 1. The molecule has 6 atom stereocenters. The molecule has 9 nitrogen and oxygen atoms in total. The van der Waals surface area contributed by atoms with Crippen LogP contribution >= 0.6 is 39.1 Å². The number of nitrogens with zero attached hydrogens (tertiary/aromatic N) is 2. The molecular weight excluding hydrogens is 783 g/mol. The molecule has 2 heterocycles. The van der Waals surface area contributed by atoms with Gasteiger partial charge in [-0.15, -0.1) is 23.2 Å². The lowest BCUT2D eigenvalue weighted by Gasteiger charge is -2.51. The summed E-state index contributed by atoms with van der Waals surface area (Å²) < 4.78 is 10.8. The van der Waals surface area contributed by atoms with Crippen LogP contribution in [0.4, 0.5) is 5.69 Å². The lowest BCUT2D eigenvalue weighted by atomic mass is 9.56. The summed E-state index contributed by atoms with van der Waals surface area (Å²) in [6.45, 7) is 0. The summed E-state index contributed by atoms with van der Waals surface area (Å²) in [6.07, 6.45) is 5.82. The number of anilines is 1. The number of phenolic OH excluding ortho intramolecular Hbond substituents is 1. The first kappa shape index (κ1) is 35.4. The minimum absolute atomic E-state index is 0.0415. The molecule has 0 radical (unpaired) electrons. The predicted molar refractivity (Wildman–Crippen MR) is 206 cm³/mol. The number of imide groups is 2. The largest absolute Gasteiger partial charge is 0.507 e. The van der Waals surface area contributed by atoms with Gasteiger partial charge in [-0.05, 0) is 71.7 Å². The highest BCUT2D eigenvalue weighted by Gasteiger charge is 2.76. The van der Waals surface area contributed by atoms with Crippen LogP contribution < -0.4 is 14.4 Å². The first-order chi connectivity index (χ1) is 25.5. The zero-order valence-corrected chi connectivity index (χ0v) is 31.7. The van der Waals surface area contributed by atoms with Crippen molar-refractivity contribution >= 4 is 91.4 Å². The molecular formula is C41H33BrCl2N2O7. The molecule has 2 aliphatic carbocycles. The van der Waals surface area contributed by atoms with Gasteiger partial charge in [-0.2, -0.15) is 0 Å². The van der Waals surface area contributed by atoms with Crippen LogP contribution in [-0.2, 0) is 19.2 Å². The third-order valence-electron chi connectivity index (χ3n) is 11.3. The summed E-state index contributed by atoms with van der Waals surface area (Å²) in [5.74, 6) is -3.79. The van der Waals surface area contributed by atoms with Crippen LogP contribution in [0.5, 0.6) is 17.2 Å². The molecule has 12 heteroatoms. The minimum Gasteiger partial charge on any atom is -0.507 e. The van der Waals surface area contributed by atoms with Crippen LogP contribution in [0.25, 0.3) is 22.9 Å². The van der Waals surface area contributed by atoms with Gasteiger partial charge in [0.2, 0.25) is 11.8 Å². The second kappa shape index (κ2) is 13.0. The molecule has 0 aromatic heterocycles. The van der Waals surface area contributed by atoms with E-state index in [0.717, 1.165) is 16.0 Å². The van der Waals surface area contributed by atoms with Crippen molar-refractivity contribution in [1.29, 1.82) is 0 Å². The fourth-order valence-corrected chi connectivity index (χ4v) is 10.2. The number of amides is 4. The summed E-state index contributed by atoms with van der Waals surface area (Å²) in [6, 6.07) is 23.0. The van der Waals surface area contributed by atoms with Gasteiger partial charge in [-0.25, -0.2) is 0 Å². The zero-order valence-electron chi connectivity index (χ0n) is 28.6. The van der Waals surface area contributed by atoms with E-state index < -0.39 is 51.1 Å². The fourth-order valence-electron chi connectivity index (χ4n) is 8.80. The maximum absolute atomic E-state index is 14.5. The van der Waals surface area contributed by atoms with Crippen molar-refractivity contribution in [2.75, 3.05) is 24.6 Å². The fraction of sp³-hybridized carbons (Fsp3) is 0.268. The van der Waals surface area contributed by atoms with Crippen LogP contribution in [0.2, 0.25) is 0 Å². The number of methoxy groups -OCH3 is 2. The molecule has 6 unspecified atom stereocenters. The summed E-state index contributed by atoms with van der Waals surface area (Å²) in [7, 11) is 3.19. The Morgan fingerprint density at radius 2 is 1.60 bits per heavy atom. The predicted octanol–water partition coefficient (Wildman–Crippen LogP) is 7.65. The van der Waals surface area contributed by atoms with E-state index in [9.17, 15) is 24.3 Å². The van der Waals surface area contributed by atoms with Gasteiger partial charge in [0.1, 0.15) is 17.2 Å². The maximum atomic E-state index is 14.5. The van der Waals surface area contributed by atoms with E-state index in [-0.39, 0.29) is 30.0 Å². The highest BCUT2D eigenvalue weighted by atomic mass is 79.9. The van der Waals surface area contributed by atoms with Crippen molar-refractivity contribution in [3.8, 4) is 17.2 Å². The van der Waals surface area contributed by atoms with Crippen LogP contribution in [0, 0.1) is 17.8 Å². The number of phenols is 1. The Bertz CT molecular complexity index is 2290. The summed E-state index contributed by atoms with van der Waals surface area (Å²) >= 11 is 18.1. The van der Waals surface area contributed by atoms with E-state index in [1.807, 2.05) is 60.7 Å². The third kappa shape index (κ3) is 5.09. The molecule has 1 saturated carbocycles. The Morgan fingerprint density at radius 3 is 2.30 bits per heavy atom. The van der Waals surface area contributed by atoms with Gasteiger partial charge in [-0.1, -0.05) is 82.2 Å². The van der Waals surface area contributed by atoms with Gasteiger partial charge in [0, 0.05) is 16.9 Å². The molecule has 0 bridgehead atoms. The Kier molecular flexibility index (Phi) is 8.71. The SMILES string of the molecule is COc1ccc(OC)c(C=Cc2ccc(N3C(=O)C4CC=C5C(CC6(Cl)C(=O)N(CBr)C(=O)C6(Cl)C5c5ccc(O)c6ccccc56)C4C3=O)cc2)c1. The number of hydrogen-bond acceptors (Lipinski definition) is 7. The number of fused-ring (bicyclic) bond motifs is 5. The Hall–Kier alpha value is -4.64. The smallest absolute Gasteiger partial charge is 0.254 e. The van der Waals surface area contributed by atoms with E-state index in [0.29, 0.717) is 39.1 Å². The molecule has 2 aliphatic heterocycles. The normalized spacial score (nSPS) is 28.0. The summed E-state index contributed by atoms with van der Waals surface area (Å²) in [5, 5.41) is 11.9. The Morgan fingerprint density at radius 1 is 0.868 bits per heavy atom. The first-order valence-electron chi connectivity index (χ1n) is 17.1. The minimum atomic E-state index is -1.95. The lowest BCUT2D eigenvalue weighted by molar-refractivity contribution is -0.138. The van der Waals surface area contributed by atoms with Gasteiger partial charge in [0.05, 0.1) is 37.2 Å². The number of benzene rings is 4. The molecule has 8 rings (SSSR count). The molecule has 4 aromatic rings. The lowest BCUT2D eigenvalue weighted by Crippen LogP contribution is -2.60. The van der Waals surface area contributed by atoms with Crippen molar-refractivity contribution in [2.45, 2.75) is 28.5 Å². The van der Waals surface area contributed by atoms with Crippen molar-refractivity contribution in [2.24, 2.45) is 17.8 Å². The molecule has 2 saturated heterocycles. The van der Waals surface area contributed by atoms with Crippen molar-refractivity contribution in [3.05, 3.63) is 107 Å². The number of likely N-dealkylation sites (tertiary alicyclic amines) is 1. The van der Waals surface area contributed by atoms with Gasteiger partial charge < -0.3 is 14.6 Å². The standard InChI is InChI=1S/C41H33BrCl2N2O7/c1-52-25-13-18-33(53-2)23(19-25)10-7-22-8-11-24(12-9-22)46-36(48)30-15-14-29-31(34(30)37(46)49)20-40(43)38(50)45(21-42)39(51)41(40,44)35(29)28-16-17-32(47)27-6-4-3-5-26(27)28/h3-14,16-19,30-31,34-35,47H,15,20-21H2,1-2H3. The van der Waals surface area contributed by atoms with Gasteiger partial charge in [0.25, 0.3) is 11.8 Å². The molecule has 53 heavy (non-hydrogen) atoms. The summed E-state index contributed by atoms with van der Waals surface area (Å²) in [5.41, 5.74) is 3.23. The van der Waals surface area contributed by atoms with Gasteiger partial charge in [0.15, 0.2) is 9.75 Å². The number of allylic oxidation sites excluding steroid dienone is 2. The second-order valence-corrected chi connectivity index (χ2v) is 15.5. The zero-order chi connectivity index (χ0) is 37.4. The molecule has 270 valence electrons. The van der Waals surface area contributed by atoms with Crippen LogP contribution in [0.3, 0.4) is 0 Å². The number of rotatable bonds is 7. The maximum Gasteiger partial charge on any atom is 0.254 e. The second-order valence-electron chi connectivity index (χ2n) is 13.8. The van der Waals surface area contributed by atoms with Crippen molar-refractivity contribution < 1.29 is 33.8 Å². The molecule has 4 amide bonds. The van der Waals surface area contributed by atoms with E-state index in [1.54, 1.807) is 44.6 Å². The number of carbonyl (C=O) groups excluding carboxylic acids is 4. The first-order valence-corrected chi connectivity index (χ1v) is 18.9. The monoisotopic (exact) mass is 814 g/mol. The van der Waals surface area contributed by atoms with E-state index in [1.165, 1.54) is 11.0 Å². The van der Waals surface area contributed by atoms with E-state index >= 15 is 0 Å². The topological polar surface area (TPSA) is 113 Å². The molecule has 4 aromatic carbocycles. The van der Waals surface area contributed by atoms with Gasteiger partial charge in [-0.3, -0.25) is 29.0 Å². The summed E-state index contributed by atoms with van der Waals surface area (Å²) in [4.78, 5) is 55.3. The van der Waals surface area contributed by atoms with Crippen LogP contribution in [-0.4, -0.2) is 63.1 Å². The number of halogens is 3. The average Bonchev–Trinajstić information content (AvgIpc) is 3.51. The molecule has 0 spiro atoms. The van der Waals surface area contributed by atoms with E-state index in [4.69, 9.17) is 32.7 Å². The molecule has 1 N–H and O–H groups in total. The average molecular weight is 817 g/mol. The number of hydrogen-bond donors (Lipinski definition) is 1. The highest BCUT2D eigenvalue weighted by molar-refractivity contribution is 9.09. The number of alkyl halides is 3. The Balaban J connectivity index is 1.17. The third-order valence-corrected chi connectivity index (χ3v) is 13.2. The van der Waals surface area contributed by atoms with Crippen LogP contribution in [0.1, 0.15) is 35.4 Å². The quantitative estimate of drug-likeness (QED) is 0.0671.